The minimum Gasteiger partial charge on any atom is -0.387 e. The number of hydrogen-bond donors (Lipinski definition) is 2. The second-order valence-corrected chi connectivity index (χ2v) is 4.35. The maximum atomic E-state index is 4.63. The van der Waals surface area contributed by atoms with E-state index in [1.807, 2.05) is 37.4 Å². The second kappa shape index (κ2) is 5.06. The van der Waals surface area contributed by atoms with E-state index in [1.165, 1.54) is 0 Å². The number of nitrogens with zero attached hydrogens (tertiary/aromatic N) is 3. The lowest BCUT2D eigenvalue weighted by Crippen LogP contribution is -2.34. The minimum absolute atomic E-state index is 0.262. The van der Waals surface area contributed by atoms with Crippen LogP contribution in [0.4, 0.5) is 0 Å². The average Bonchev–Trinajstić information content (AvgIpc) is 2.48. The maximum absolute atomic E-state index is 4.63. The molecule has 0 saturated heterocycles. The molecule has 2 aliphatic heterocycles. The van der Waals surface area contributed by atoms with Crippen LogP contribution in [0.25, 0.3) is 0 Å². The molecule has 96 valence electrons. The van der Waals surface area contributed by atoms with Crippen molar-refractivity contribution in [1.29, 1.82) is 0 Å². The summed E-state index contributed by atoms with van der Waals surface area (Å²) < 4.78 is 0. The Morgan fingerprint density at radius 2 is 2.21 bits per heavy atom. The first kappa shape index (κ1) is 11.6. The van der Waals surface area contributed by atoms with Crippen molar-refractivity contribution in [2.24, 2.45) is 9.98 Å². The Bertz CT molecular complexity index is 583. The number of aliphatic imine (C=N–C) groups is 2. The van der Waals surface area contributed by atoms with E-state index in [4.69, 9.17) is 0 Å². The quantitative estimate of drug-likeness (QED) is 0.840. The molecule has 1 atom stereocenters. The fourth-order valence-electron chi connectivity index (χ4n) is 2.01. The predicted molar refractivity (Wildman–Crippen MR) is 75.9 cm³/mol. The third-order valence-corrected chi connectivity index (χ3v) is 2.91. The van der Waals surface area contributed by atoms with Gasteiger partial charge in [0.25, 0.3) is 0 Å². The molecule has 3 rings (SSSR count). The Hall–Kier alpha value is -2.43. The van der Waals surface area contributed by atoms with Gasteiger partial charge in [-0.1, -0.05) is 12.1 Å². The number of aromatic nitrogens is 1. The van der Waals surface area contributed by atoms with Crippen LogP contribution in [0.15, 0.2) is 58.3 Å². The summed E-state index contributed by atoms with van der Waals surface area (Å²) in [6.45, 7) is 2.76. The molecule has 2 N–H and O–H groups in total. The van der Waals surface area contributed by atoms with E-state index in [0.29, 0.717) is 0 Å². The SMILES string of the molecule is CC1=NC(c2ccccn2)N=C(C2=CCNC=C2)N1. The molecule has 3 heterocycles. The van der Waals surface area contributed by atoms with Crippen LogP contribution in [0.5, 0.6) is 0 Å². The lowest BCUT2D eigenvalue weighted by atomic mass is 10.1. The zero-order valence-electron chi connectivity index (χ0n) is 10.7. The van der Waals surface area contributed by atoms with E-state index < -0.39 is 0 Å². The molecular weight excluding hydrogens is 238 g/mol. The van der Waals surface area contributed by atoms with E-state index in [2.05, 4.69) is 31.7 Å². The lowest BCUT2D eigenvalue weighted by Gasteiger charge is -2.21. The third-order valence-electron chi connectivity index (χ3n) is 2.91. The Labute approximate surface area is 111 Å². The molecule has 0 bridgehead atoms. The van der Waals surface area contributed by atoms with Crippen LogP contribution in [0.2, 0.25) is 0 Å². The first-order valence-electron chi connectivity index (χ1n) is 6.23. The largest absolute Gasteiger partial charge is 0.387 e. The fraction of sp³-hybridized carbons (Fsp3) is 0.214. The monoisotopic (exact) mass is 253 g/mol. The maximum Gasteiger partial charge on any atom is 0.186 e. The molecule has 0 aromatic carbocycles. The standard InChI is InChI=1S/C14H15N5/c1-10-17-13(11-5-8-15-9-6-11)19-14(18-10)12-4-2-3-7-16-12/h2-8,14-15H,9H2,1H3,(H,17,18,19). The highest BCUT2D eigenvalue weighted by Crippen LogP contribution is 2.20. The van der Waals surface area contributed by atoms with E-state index in [1.54, 1.807) is 6.20 Å². The summed E-state index contributed by atoms with van der Waals surface area (Å²) in [5.74, 6) is 1.70. The fourth-order valence-corrected chi connectivity index (χ4v) is 2.01. The highest BCUT2D eigenvalue weighted by Gasteiger charge is 2.18. The van der Waals surface area contributed by atoms with Gasteiger partial charge in [-0.25, -0.2) is 9.98 Å². The number of dihydropyridines is 1. The summed E-state index contributed by atoms with van der Waals surface area (Å²) in [5.41, 5.74) is 1.94. The van der Waals surface area contributed by atoms with Crippen molar-refractivity contribution in [1.82, 2.24) is 15.6 Å². The Morgan fingerprint density at radius 1 is 1.26 bits per heavy atom. The predicted octanol–water partition coefficient (Wildman–Crippen LogP) is 1.54. The van der Waals surface area contributed by atoms with Crippen LogP contribution in [0.1, 0.15) is 18.8 Å². The van der Waals surface area contributed by atoms with Gasteiger partial charge >= 0.3 is 0 Å². The average molecular weight is 253 g/mol. The summed E-state index contributed by atoms with van der Waals surface area (Å²) >= 11 is 0. The smallest absolute Gasteiger partial charge is 0.186 e. The van der Waals surface area contributed by atoms with Gasteiger partial charge in [-0.3, -0.25) is 4.98 Å². The van der Waals surface area contributed by atoms with Gasteiger partial charge in [0.2, 0.25) is 0 Å². The van der Waals surface area contributed by atoms with Gasteiger partial charge in [0.1, 0.15) is 11.7 Å². The molecule has 0 fully saturated rings. The van der Waals surface area contributed by atoms with Gasteiger partial charge in [-0.05, 0) is 31.3 Å². The normalized spacial score (nSPS) is 21.7. The highest BCUT2D eigenvalue weighted by molar-refractivity contribution is 6.11. The molecule has 0 saturated carbocycles. The Kier molecular flexibility index (Phi) is 3.10. The topological polar surface area (TPSA) is 61.7 Å². The second-order valence-electron chi connectivity index (χ2n) is 4.35. The molecule has 1 unspecified atom stereocenters. The Morgan fingerprint density at radius 3 is 2.95 bits per heavy atom. The van der Waals surface area contributed by atoms with Crippen LogP contribution < -0.4 is 10.6 Å². The molecule has 5 heteroatoms. The van der Waals surface area contributed by atoms with Crippen molar-refractivity contribution < 1.29 is 0 Å². The van der Waals surface area contributed by atoms with Gasteiger partial charge in [0, 0.05) is 18.3 Å². The zero-order chi connectivity index (χ0) is 13.1. The van der Waals surface area contributed by atoms with Crippen molar-refractivity contribution in [3.63, 3.8) is 0 Å². The molecule has 19 heavy (non-hydrogen) atoms. The number of nitrogens with one attached hydrogen (secondary N) is 2. The zero-order valence-corrected chi connectivity index (χ0v) is 10.7. The van der Waals surface area contributed by atoms with Crippen molar-refractivity contribution in [3.05, 3.63) is 54.0 Å². The molecule has 0 radical (unpaired) electrons. The molecule has 0 aliphatic carbocycles. The molecule has 2 aliphatic rings. The molecule has 1 aromatic rings. The summed E-state index contributed by atoms with van der Waals surface area (Å²) in [5, 5.41) is 6.34. The van der Waals surface area contributed by atoms with Crippen LogP contribution >= 0.6 is 0 Å². The van der Waals surface area contributed by atoms with Crippen molar-refractivity contribution in [2.75, 3.05) is 6.54 Å². The van der Waals surface area contributed by atoms with E-state index in [0.717, 1.165) is 29.5 Å². The summed E-state index contributed by atoms with van der Waals surface area (Å²) in [6, 6.07) is 5.79. The number of hydrogen-bond acceptors (Lipinski definition) is 5. The van der Waals surface area contributed by atoms with Crippen molar-refractivity contribution in [3.8, 4) is 0 Å². The van der Waals surface area contributed by atoms with Crippen molar-refractivity contribution >= 4 is 11.7 Å². The van der Waals surface area contributed by atoms with Crippen molar-refractivity contribution in [2.45, 2.75) is 13.1 Å². The molecule has 0 spiro atoms. The summed E-state index contributed by atoms with van der Waals surface area (Å²) in [6.07, 6.45) is 7.53. The van der Waals surface area contributed by atoms with Gasteiger partial charge in [-0.15, -0.1) is 0 Å². The van der Waals surface area contributed by atoms with Crippen LogP contribution in [0.3, 0.4) is 0 Å². The first-order valence-corrected chi connectivity index (χ1v) is 6.23. The van der Waals surface area contributed by atoms with Gasteiger partial charge in [-0.2, -0.15) is 0 Å². The van der Waals surface area contributed by atoms with E-state index in [9.17, 15) is 0 Å². The minimum atomic E-state index is -0.262. The van der Waals surface area contributed by atoms with Gasteiger partial charge in [0.15, 0.2) is 6.17 Å². The third kappa shape index (κ3) is 2.54. The summed E-state index contributed by atoms with van der Waals surface area (Å²) in [4.78, 5) is 13.4. The highest BCUT2D eigenvalue weighted by atomic mass is 15.2. The first-order chi connectivity index (χ1) is 9.33. The van der Waals surface area contributed by atoms with E-state index in [-0.39, 0.29) is 6.17 Å². The molecule has 0 amide bonds. The summed E-state index contributed by atoms with van der Waals surface area (Å²) in [7, 11) is 0. The Balaban J connectivity index is 1.92. The number of amidine groups is 2. The lowest BCUT2D eigenvalue weighted by molar-refractivity contribution is 0.725. The van der Waals surface area contributed by atoms with Crippen LogP contribution in [-0.4, -0.2) is 23.2 Å². The van der Waals surface area contributed by atoms with Gasteiger partial charge < -0.3 is 10.6 Å². The van der Waals surface area contributed by atoms with Gasteiger partial charge in [0.05, 0.1) is 5.69 Å². The number of rotatable bonds is 2. The molecule has 5 nitrogen and oxygen atoms in total. The van der Waals surface area contributed by atoms with Crippen LogP contribution in [0, 0.1) is 0 Å². The molecular formula is C14H15N5. The molecule has 1 aromatic heterocycles. The van der Waals surface area contributed by atoms with Crippen LogP contribution in [-0.2, 0) is 0 Å². The van der Waals surface area contributed by atoms with E-state index >= 15 is 0 Å². The number of pyridine rings is 1.